The molecule has 1 aliphatic rings. The highest BCUT2D eigenvalue weighted by Gasteiger charge is 2.23. The van der Waals surface area contributed by atoms with Crippen molar-refractivity contribution >= 4 is 11.8 Å². The summed E-state index contributed by atoms with van der Waals surface area (Å²) < 4.78 is 5.14. The van der Waals surface area contributed by atoms with Crippen molar-refractivity contribution in [3.05, 3.63) is 17.0 Å². The Kier molecular flexibility index (Phi) is 6.99. The van der Waals surface area contributed by atoms with Gasteiger partial charge in [0.2, 0.25) is 11.8 Å². The first-order chi connectivity index (χ1) is 11.9. The number of amides is 2. The topological polar surface area (TPSA) is 78.7 Å². The van der Waals surface area contributed by atoms with Crippen LogP contribution in [0.3, 0.4) is 0 Å². The van der Waals surface area contributed by atoms with E-state index in [1.165, 1.54) is 0 Å². The fourth-order valence-corrected chi connectivity index (χ4v) is 3.03. The van der Waals surface area contributed by atoms with Crippen LogP contribution in [0.2, 0.25) is 0 Å². The summed E-state index contributed by atoms with van der Waals surface area (Å²) in [6.45, 7) is 11.1. The highest BCUT2D eigenvalue weighted by Crippen LogP contribution is 2.15. The van der Waals surface area contributed by atoms with Crippen LogP contribution in [-0.4, -0.2) is 65.5 Å². The molecule has 1 fully saturated rings. The average molecular weight is 350 g/mol. The third-order valence-electron chi connectivity index (χ3n) is 4.88. The molecule has 0 aromatic carbocycles. The Bertz CT molecular complexity index is 572. The molecular formula is C18H30N4O3. The molecule has 0 bridgehead atoms. The van der Waals surface area contributed by atoms with Crippen LogP contribution >= 0.6 is 0 Å². The SMILES string of the molecule is CCC(C)NC(=O)CN1CCN(C(=O)CCc2c(C)noc2C)CC1. The summed E-state index contributed by atoms with van der Waals surface area (Å²) in [5, 5.41) is 6.91. The molecule has 0 saturated carbocycles. The predicted octanol–water partition coefficient (Wildman–Crippen LogP) is 1.28. The van der Waals surface area contributed by atoms with Gasteiger partial charge in [0, 0.05) is 44.2 Å². The Hall–Kier alpha value is -1.89. The van der Waals surface area contributed by atoms with Gasteiger partial charge in [-0.2, -0.15) is 0 Å². The van der Waals surface area contributed by atoms with Gasteiger partial charge in [-0.3, -0.25) is 14.5 Å². The normalized spacial score (nSPS) is 16.7. The summed E-state index contributed by atoms with van der Waals surface area (Å²) in [4.78, 5) is 28.3. The van der Waals surface area contributed by atoms with Gasteiger partial charge in [-0.15, -0.1) is 0 Å². The molecule has 1 aromatic heterocycles. The zero-order chi connectivity index (χ0) is 18.4. The van der Waals surface area contributed by atoms with Crippen molar-refractivity contribution in [3.8, 4) is 0 Å². The van der Waals surface area contributed by atoms with Crippen LogP contribution in [0.1, 0.15) is 43.7 Å². The van der Waals surface area contributed by atoms with Crippen LogP contribution in [0.5, 0.6) is 0 Å². The Morgan fingerprint density at radius 1 is 1.24 bits per heavy atom. The van der Waals surface area contributed by atoms with Crippen molar-refractivity contribution < 1.29 is 14.1 Å². The smallest absolute Gasteiger partial charge is 0.234 e. The molecule has 2 amide bonds. The Morgan fingerprint density at radius 3 is 2.48 bits per heavy atom. The average Bonchev–Trinajstić information content (AvgIpc) is 2.91. The molecule has 1 N–H and O–H groups in total. The van der Waals surface area contributed by atoms with Crippen molar-refractivity contribution in [3.63, 3.8) is 0 Å². The molecule has 0 spiro atoms. The molecule has 1 aliphatic heterocycles. The van der Waals surface area contributed by atoms with E-state index < -0.39 is 0 Å². The summed E-state index contributed by atoms with van der Waals surface area (Å²) in [6.07, 6.45) is 2.06. The second kappa shape index (κ2) is 8.99. The van der Waals surface area contributed by atoms with Gasteiger partial charge < -0.3 is 14.7 Å². The number of nitrogens with one attached hydrogen (secondary N) is 1. The number of carbonyl (C=O) groups excluding carboxylic acids is 2. The molecule has 2 heterocycles. The van der Waals surface area contributed by atoms with Gasteiger partial charge in [-0.05, 0) is 33.6 Å². The predicted molar refractivity (Wildman–Crippen MR) is 95.2 cm³/mol. The summed E-state index contributed by atoms with van der Waals surface area (Å²) in [7, 11) is 0. The quantitative estimate of drug-likeness (QED) is 0.801. The van der Waals surface area contributed by atoms with Gasteiger partial charge in [0.1, 0.15) is 5.76 Å². The molecule has 1 atom stereocenters. The molecule has 0 radical (unpaired) electrons. The van der Waals surface area contributed by atoms with Crippen LogP contribution in [0.15, 0.2) is 4.52 Å². The zero-order valence-electron chi connectivity index (χ0n) is 15.8. The molecular weight excluding hydrogens is 320 g/mol. The van der Waals surface area contributed by atoms with Crippen molar-refractivity contribution in [1.82, 2.24) is 20.3 Å². The lowest BCUT2D eigenvalue weighted by atomic mass is 10.1. The highest BCUT2D eigenvalue weighted by molar-refractivity contribution is 5.78. The maximum absolute atomic E-state index is 12.4. The number of carbonyl (C=O) groups is 2. The van der Waals surface area contributed by atoms with Gasteiger partial charge in [0.15, 0.2) is 0 Å². The lowest BCUT2D eigenvalue weighted by molar-refractivity contribution is -0.133. The van der Waals surface area contributed by atoms with E-state index >= 15 is 0 Å². The minimum Gasteiger partial charge on any atom is -0.361 e. The number of nitrogens with zero attached hydrogens (tertiary/aromatic N) is 3. The maximum atomic E-state index is 12.4. The number of hydrogen-bond donors (Lipinski definition) is 1. The number of piperazine rings is 1. The van der Waals surface area contributed by atoms with Crippen LogP contribution in [0, 0.1) is 13.8 Å². The van der Waals surface area contributed by atoms with E-state index in [-0.39, 0.29) is 17.9 Å². The van der Waals surface area contributed by atoms with Crippen molar-refractivity contribution in [2.45, 2.75) is 53.0 Å². The Balaban J connectivity index is 1.72. The van der Waals surface area contributed by atoms with Crippen molar-refractivity contribution in [2.24, 2.45) is 0 Å². The molecule has 1 unspecified atom stereocenters. The second-order valence-electron chi connectivity index (χ2n) is 6.84. The summed E-state index contributed by atoms with van der Waals surface area (Å²) in [5.41, 5.74) is 1.90. The van der Waals surface area contributed by atoms with E-state index in [0.29, 0.717) is 32.5 Å². The standard InChI is InChI=1S/C18H30N4O3/c1-5-13(2)19-17(23)12-21-8-10-22(11-9-21)18(24)7-6-16-14(3)20-25-15(16)4/h13H,5-12H2,1-4H3,(H,19,23). The Morgan fingerprint density at radius 2 is 1.92 bits per heavy atom. The molecule has 25 heavy (non-hydrogen) atoms. The maximum Gasteiger partial charge on any atom is 0.234 e. The summed E-state index contributed by atoms with van der Waals surface area (Å²) in [5.74, 6) is 1.01. The van der Waals surface area contributed by atoms with E-state index in [4.69, 9.17) is 4.52 Å². The van der Waals surface area contributed by atoms with Crippen LogP contribution in [0.25, 0.3) is 0 Å². The fourth-order valence-electron chi connectivity index (χ4n) is 3.03. The molecule has 7 heteroatoms. The number of aryl methyl sites for hydroxylation is 2. The van der Waals surface area contributed by atoms with Crippen LogP contribution < -0.4 is 5.32 Å². The van der Waals surface area contributed by atoms with Gasteiger partial charge in [0.25, 0.3) is 0 Å². The van der Waals surface area contributed by atoms with Gasteiger partial charge in [-0.25, -0.2) is 0 Å². The first-order valence-corrected chi connectivity index (χ1v) is 9.12. The molecule has 2 rings (SSSR count). The first-order valence-electron chi connectivity index (χ1n) is 9.12. The number of rotatable bonds is 7. The third-order valence-corrected chi connectivity index (χ3v) is 4.88. The summed E-state index contributed by atoms with van der Waals surface area (Å²) in [6, 6.07) is 0.208. The van der Waals surface area contributed by atoms with Gasteiger partial charge >= 0.3 is 0 Å². The van der Waals surface area contributed by atoms with Gasteiger partial charge in [-0.1, -0.05) is 12.1 Å². The van der Waals surface area contributed by atoms with Crippen LogP contribution in [-0.2, 0) is 16.0 Å². The largest absolute Gasteiger partial charge is 0.361 e. The fraction of sp³-hybridized carbons (Fsp3) is 0.722. The van der Waals surface area contributed by atoms with E-state index in [9.17, 15) is 9.59 Å². The molecule has 0 aliphatic carbocycles. The Labute approximate surface area is 149 Å². The molecule has 1 saturated heterocycles. The molecule has 140 valence electrons. The summed E-state index contributed by atoms with van der Waals surface area (Å²) >= 11 is 0. The van der Waals surface area contributed by atoms with Crippen molar-refractivity contribution in [2.75, 3.05) is 32.7 Å². The van der Waals surface area contributed by atoms with Crippen LogP contribution in [0.4, 0.5) is 0 Å². The number of aromatic nitrogens is 1. The van der Waals surface area contributed by atoms with E-state index in [1.807, 2.05) is 25.7 Å². The minimum atomic E-state index is 0.0625. The molecule has 7 nitrogen and oxygen atoms in total. The third kappa shape index (κ3) is 5.56. The first kappa shape index (κ1) is 19.4. The zero-order valence-corrected chi connectivity index (χ0v) is 15.8. The lowest BCUT2D eigenvalue weighted by Crippen LogP contribution is -2.51. The molecule has 1 aromatic rings. The lowest BCUT2D eigenvalue weighted by Gasteiger charge is -2.34. The van der Waals surface area contributed by atoms with E-state index in [1.54, 1.807) is 0 Å². The number of hydrogen-bond acceptors (Lipinski definition) is 5. The second-order valence-corrected chi connectivity index (χ2v) is 6.84. The van der Waals surface area contributed by atoms with Gasteiger partial charge in [0.05, 0.1) is 12.2 Å². The monoisotopic (exact) mass is 350 g/mol. The van der Waals surface area contributed by atoms with E-state index in [0.717, 1.165) is 36.5 Å². The minimum absolute atomic E-state index is 0.0625. The highest BCUT2D eigenvalue weighted by atomic mass is 16.5. The van der Waals surface area contributed by atoms with E-state index in [2.05, 4.69) is 22.3 Å². The van der Waals surface area contributed by atoms with Crippen molar-refractivity contribution in [1.29, 1.82) is 0 Å².